The normalized spacial score (nSPS) is 18.4. The summed E-state index contributed by atoms with van der Waals surface area (Å²) in [6.45, 7) is 11.2. The molecule has 1 aromatic carbocycles. The minimum atomic E-state index is 0.0504. The van der Waals surface area contributed by atoms with Gasteiger partial charge in [0.2, 0.25) is 0 Å². The molecule has 25 heavy (non-hydrogen) atoms. The number of benzene rings is 1. The number of fused-ring (bicyclic) bond motifs is 1. The van der Waals surface area contributed by atoms with Crippen molar-refractivity contribution in [3.05, 3.63) is 36.0 Å². The second-order valence-electron chi connectivity index (χ2n) is 8.65. The summed E-state index contributed by atoms with van der Waals surface area (Å²) in [5.74, 6) is 0.595. The summed E-state index contributed by atoms with van der Waals surface area (Å²) in [5, 5.41) is 1.05. The van der Waals surface area contributed by atoms with Crippen molar-refractivity contribution >= 4 is 22.5 Å². The summed E-state index contributed by atoms with van der Waals surface area (Å²) in [7, 11) is 0. The van der Waals surface area contributed by atoms with Gasteiger partial charge in [0.05, 0.1) is 0 Å². The predicted molar refractivity (Wildman–Crippen MR) is 102 cm³/mol. The van der Waals surface area contributed by atoms with Crippen LogP contribution in [0.3, 0.4) is 0 Å². The van der Waals surface area contributed by atoms with Gasteiger partial charge in [0.1, 0.15) is 5.78 Å². The largest absolute Gasteiger partial charge is 0.347 e. The van der Waals surface area contributed by atoms with E-state index in [0.29, 0.717) is 6.42 Å². The fraction of sp³-hybridized carbons (Fsp3) is 0.545. The third kappa shape index (κ3) is 2.94. The minimum Gasteiger partial charge on any atom is -0.347 e. The molecule has 1 fully saturated rings. The highest BCUT2D eigenvalue weighted by Crippen LogP contribution is 2.69. The quantitative estimate of drug-likeness (QED) is 0.509. The zero-order chi connectivity index (χ0) is 18.4. The molecule has 0 radical (unpaired) electrons. The van der Waals surface area contributed by atoms with E-state index in [1.54, 1.807) is 6.92 Å². The van der Waals surface area contributed by atoms with E-state index >= 15 is 0 Å². The van der Waals surface area contributed by atoms with Crippen molar-refractivity contribution in [2.75, 3.05) is 0 Å². The van der Waals surface area contributed by atoms with Crippen LogP contribution in [0, 0.1) is 16.7 Å². The molecule has 0 bridgehead atoms. The zero-order valence-corrected chi connectivity index (χ0v) is 16.1. The maximum Gasteiger partial charge on any atom is 0.169 e. The van der Waals surface area contributed by atoms with Crippen LogP contribution in [-0.2, 0) is 11.3 Å². The van der Waals surface area contributed by atoms with Crippen molar-refractivity contribution in [3.8, 4) is 0 Å². The number of aromatic nitrogens is 1. The average Bonchev–Trinajstić information content (AvgIpc) is 2.82. The standard InChI is InChI=1S/C22H29NO2/c1-15(24)10-8-9-13-23-14-17(16-11-6-7-12-18(16)23)19(25)20-21(2,3)22(20,4)5/h6-7,11-12,14,20H,8-10,13H2,1-5H3. The Labute approximate surface area is 150 Å². The number of aryl methyl sites for hydroxylation is 1. The van der Waals surface area contributed by atoms with Gasteiger partial charge in [-0.3, -0.25) is 4.79 Å². The molecule has 3 rings (SSSR count). The summed E-state index contributed by atoms with van der Waals surface area (Å²) >= 11 is 0. The van der Waals surface area contributed by atoms with Crippen LogP contribution in [-0.4, -0.2) is 16.1 Å². The lowest BCUT2D eigenvalue weighted by Gasteiger charge is -2.04. The molecule has 1 aliphatic carbocycles. The van der Waals surface area contributed by atoms with Gasteiger partial charge in [0.15, 0.2) is 5.78 Å². The van der Waals surface area contributed by atoms with Crippen molar-refractivity contribution in [1.29, 1.82) is 0 Å². The second kappa shape index (κ2) is 6.12. The van der Waals surface area contributed by atoms with Crippen LogP contribution in [0.2, 0.25) is 0 Å². The van der Waals surface area contributed by atoms with E-state index in [0.717, 1.165) is 35.9 Å². The molecular weight excluding hydrogens is 310 g/mol. The number of rotatable bonds is 7. The molecule has 3 heteroatoms. The number of ketones is 2. The molecule has 0 atom stereocenters. The molecule has 0 spiro atoms. The molecule has 0 saturated heterocycles. The van der Waals surface area contributed by atoms with Gasteiger partial charge in [-0.25, -0.2) is 0 Å². The Morgan fingerprint density at radius 2 is 1.68 bits per heavy atom. The van der Waals surface area contributed by atoms with Gasteiger partial charge < -0.3 is 9.36 Å². The zero-order valence-electron chi connectivity index (χ0n) is 16.1. The monoisotopic (exact) mass is 339 g/mol. The summed E-state index contributed by atoms with van der Waals surface area (Å²) in [6, 6.07) is 8.16. The molecule has 0 unspecified atom stereocenters. The van der Waals surface area contributed by atoms with E-state index in [-0.39, 0.29) is 28.3 Å². The van der Waals surface area contributed by atoms with Crippen LogP contribution in [0.5, 0.6) is 0 Å². The third-order valence-electron chi connectivity index (χ3n) is 6.51. The van der Waals surface area contributed by atoms with E-state index < -0.39 is 0 Å². The number of nitrogens with zero attached hydrogens (tertiary/aromatic N) is 1. The molecule has 1 heterocycles. The van der Waals surface area contributed by atoms with Crippen molar-refractivity contribution in [3.63, 3.8) is 0 Å². The first kappa shape index (κ1) is 17.9. The highest BCUT2D eigenvalue weighted by atomic mass is 16.1. The molecule has 1 saturated carbocycles. The summed E-state index contributed by atoms with van der Waals surface area (Å²) in [4.78, 5) is 24.3. The smallest absolute Gasteiger partial charge is 0.169 e. The van der Waals surface area contributed by atoms with Crippen molar-refractivity contribution < 1.29 is 9.59 Å². The molecule has 2 aromatic rings. The van der Waals surface area contributed by atoms with Gasteiger partial charge in [-0.05, 0) is 36.7 Å². The van der Waals surface area contributed by atoms with Gasteiger partial charge in [0, 0.05) is 41.5 Å². The van der Waals surface area contributed by atoms with Gasteiger partial charge in [0.25, 0.3) is 0 Å². The summed E-state index contributed by atoms with van der Waals surface area (Å²) in [6.07, 6.45) is 4.51. The number of hydrogen-bond donors (Lipinski definition) is 0. The van der Waals surface area contributed by atoms with Crippen LogP contribution >= 0.6 is 0 Å². The first-order valence-electron chi connectivity index (χ1n) is 9.29. The van der Waals surface area contributed by atoms with Crippen molar-refractivity contribution in [1.82, 2.24) is 4.57 Å². The van der Waals surface area contributed by atoms with Crippen LogP contribution in [0.25, 0.3) is 10.9 Å². The topological polar surface area (TPSA) is 39.1 Å². The van der Waals surface area contributed by atoms with Crippen LogP contribution in [0.1, 0.15) is 64.2 Å². The molecule has 3 nitrogen and oxygen atoms in total. The second-order valence-corrected chi connectivity index (χ2v) is 8.65. The SMILES string of the molecule is CC(=O)CCCCn1cc(C(=O)C2C(C)(C)C2(C)C)c2ccccc21. The third-order valence-corrected chi connectivity index (χ3v) is 6.51. The number of unbranched alkanes of at least 4 members (excludes halogenated alkanes) is 1. The van der Waals surface area contributed by atoms with E-state index in [4.69, 9.17) is 0 Å². The fourth-order valence-electron chi connectivity index (χ4n) is 4.29. The Balaban J connectivity index is 1.87. The minimum absolute atomic E-state index is 0.0504. The lowest BCUT2D eigenvalue weighted by Crippen LogP contribution is -2.07. The lowest BCUT2D eigenvalue weighted by molar-refractivity contribution is -0.117. The first-order chi connectivity index (χ1) is 11.7. The molecule has 1 aliphatic rings. The molecule has 0 aliphatic heterocycles. The van der Waals surface area contributed by atoms with E-state index in [1.807, 2.05) is 18.3 Å². The molecule has 0 N–H and O–H groups in total. The number of carbonyl (C=O) groups is 2. The summed E-state index contributed by atoms with van der Waals surface area (Å²) in [5.41, 5.74) is 2.07. The number of para-hydroxylation sites is 1. The Bertz CT molecular complexity index is 812. The first-order valence-corrected chi connectivity index (χ1v) is 9.29. The Hall–Kier alpha value is -1.90. The van der Waals surface area contributed by atoms with E-state index in [2.05, 4.69) is 44.4 Å². The van der Waals surface area contributed by atoms with Crippen molar-refractivity contribution in [2.45, 2.75) is 60.4 Å². The van der Waals surface area contributed by atoms with E-state index in [1.165, 1.54) is 0 Å². The van der Waals surface area contributed by atoms with Gasteiger partial charge in [-0.2, -0.15) is 0 Å². The fourth-order valence-corrected chi connectivity index (χ4v) is 4.29. The van der Waals surface area contributed by atoms with Crippen LogP contribution in [0.15, 0.2) is 30.5 Å². The van der Waals surface area contributed by atoms with Gasteiger partial charge in [-0.1, -0.05) is 45.9 Å². The van der Waals surface area contributed by atoms with Crippen LogP contribution < -0.4 is 0 Å². The molecular formula is C22H29NO2. The summed E-state index contributed by atoms with van der Waals surface area (Å²) < 4.78 is 2.19. The highest BCUT2D eigenvalue weighted by molar-refractivity contribution is 6.11. The Morgan fingerprint density at radius 3 is 2.28 bits per heavy atom. The maximum absolute atomic E-state index is 13.2. The van der Waals surface area contributed by atoms with Gasteiger partial charge in [-0.15, -0.1) is 0 Å². The maximum atomic E-state index is 13.2. The van der Waals surface area contributed by atoms with Crippen LogP contribution in [0.4, 0.5) is 0 Å². The Morgan fingerprint density at radius 1 is 1.04 bits per heavy atom. The van der Waals surface area contributed by atoms with E-state index in [9.17, 15) is 9.59 Å². The van der Waals surface area contributed by atoms with Crippen molar-refractivity contribution in [2.24, 2.45) is 16.7 Å². The van der Waals surface area contributed by atoms with Gasteiger partial charge >= 0.3 is 0 Å². The number of hydrogen-bond acceptors (Lipinski definition) is 2. The number of carbonyl (C=O) groups excluding carboxylic acids is 2. The Kier molecular flexibility index (Phi) is 4.38. The molecule has 134 valence electrons. The highest BCUT2D eigenvalue weighted by Gasteiger charge is 2.68. The predicted octanol–water partition coefficient (Wildman–Crippen LogP) is 5.27. The molecule has 1 aromatic heterocycles. The molecule has 0 amide bonds. The lowest BCUT2D eigenvalue weighted by atomic mass is 10.0. The number of Topliss-reactive ketones (excluding diaryl/α,β-unsaturated/α-hetero) is 2. The average molecular weight is 339 g/mol.